The molecule has 2 rings (SSSR count). The molecule has 0 amide bonds. The molecular formula is C15H22FNO2. The van der Waals surface area contributed by atoms with E-state index in [-0.39, 0.29) is 11.9 Å². The summed E-state index contributed by atoms with van der Waals surface area (Å²) in [7, 11) is 0. The summed E-state index contributed by atoms with van der Waals surface area (Å²) < 4.78 is 24.9. The monoisotopic (exact) mass is 267 g/mol. The van der Waals surface area contributed by atoms with Crippen LogP contribution in [0, 0.1) is 5.82 Å². The first kappa shape index (κ1) is 14.3. The molecule has 4 heteroatoms. The van der Waals surface area contributed by atoms with Crippen LogP contribution in [0.1, 0.15) is 32.3 Å². The van der Waals surface area contributed by atoms with Crippen LogP contribution in [-0.2, 0) is 11.3 Å². The Morgan fingerprint density at radius 2 is 2.11 bits per heavy atom. The number of benzene rings is 1. The van der Waals surface area contributed by atoms with Crippen molar-refractivity contribution in [2.75, 3.05) is 13.2 Å². The highest BCUT2D eigenvalue weighted by Gasteiger charge is 2.17. The van der Waals surface area contributed by atoms with Crippen LogP contribution in [0.25, 0.3) is 0 Å². The van der Waals surface area contributed by atoms with Gasteiger partial charge in [0, 0.05) is 25.4 Å². The van der Waals surface area contributed by atoms with Gasteiger partial charge in [-0.15, -0.1) is 0 Å². The van der Waals surface area contributed by atoms with Crippen LogP contribution in [0.5, 0.6) is 5.75 Å². The molecule has 19 heavy (non-hydrogen) atoms. The van der Waals surface area contributed by atoms with Gasteiger partial charge in [0.05, 0.1) is 13.2 Å². The van der Waals surface area contributed by atoms with E-state index in [9.17, 15) is 4.39 Å². The first-order valence-corrected chi connectivity index (χ1v) is 6.91. The first-order valence-electron chi connectivity index (χ1n) is 6.91. The lowest BCUT2D eigenvalue weighted by Crippen LogP contribution is -2.26. The van der Waals surface area contributed by atoms with Crippen molar-refractivity contribution in [2.24, 2.45) is 0 Å². The quantitative estimate of drug-likeness (QED) is 0.890. The predicted molar refractivity (Wildman–Crippen MR) is 72.8 cm³/mol. The van der Waals surface area contributed by atoms with Crippen molar-refractivity contribution < 1.29 is 13.9 Å². The van der Waals surface area contributed by atoms with Gasteiger partial charge in [-0.1, -0.05) is 19.9 Å². The smallest absolute Gasteiger partial charge is 0.165 e. The molecular weight excluding hydrogens is 245 g/mol. The average Bonchev–Trinajstić information content (AvgIpc) is 2.40. The molecule has 1 aromatic rings. The molecule has 0 bridgehead atoms. The Kier molecular flexibility index (Phi) is 5.16. The van der Waals surface area contributed by atoms with Crippen molar-refractivity contribution in [3.63, 3.8) is 0 Å². The van der Waals surface area contributed by atoms with E-state index in [1.807, 2.05) is 6.07 Å². The van der Waals surface area contributed by atoms with Gasteiger partial charge in [-0.2, -0.15) is 0 Å². The van der Waals surface area contributed by atoms with Gasteiger partial charge >= 0.3 is 0 Å². The Balaban J connectivity index is 1.94. The highest BCUT2D eigenvalue weighted by molar-refractivity contribution is 5.29. The van der Waals surface area contributed by atoms with Gasteiger partial charge in [-0.25, -0.2) is 4.39 Å². The maximum absolute atomic E-state index is 13.9. The number of hydrogen-bond donors (Lipinski definition) is 1. The van der Waals surface area contributed by atoms with Gasteiger partial charge in [0.2, 0.25) is 0 Å². The molecule has 0 unspecified atom stereocenters. The molecule has 0 aliphatic carbocycles. The normalized spacial score (nSPS) is 16.8. The molecule has 0 aromatic heterocycles. The molecule has 0 radical (unpaired) electrons. The largest absolute Gasteiger partial charge is 0.487 e. The zero-order chi connectivity index (χ0) is 13.7. The van der Waals surface area contributed by atoms with Crippen molar-refractivity contribution >= 4 is 0 Å². The fraction of sp³-hybridized carbons (Fsp3) is 0.600. The van der Waals surface area contributed by atoms with Crippen LogP contribution in [0.2, 0.25) is 0 Å². The van der Waals surface area contributed by atoms with Gasteiger partial charge in [0.15, 0.2) is 11.6 Å². The van der Waals surface area contributed by atoms with E-state index in [1.165, 1.54) is 0 Å². The summed E-state index contributed by atoms with van der Waals surface area (Å²) in [6.07, 6.45) is 1.73. The van der Waals surface area contributed by atoms with Crippen molar-refractivity contribution in [3.05, 3.63) is 29.6 Å². The summed E-state index contributed by atoms with van der Waals surface area (Å²) in [6, 6.07) is 5.57. The van der Waals surface area contributed by atoms with E-state index in [2.05, 4.69) is 19.2 Å². The SMILES string of the molecule is CC(C)NCc1ccc(OC2CCOCC2)c(F)c1. The van der Waals surface area contributed by atoms with E-state index in [4.69, 9.17) is 9.47 Å². The van der Waals surface area contributed by atoms with Gasteiger partial charge < -0.3 is 14.8 Å². The van der Waals surface area contributed by atoms with E-state index in [1.54, 1.807) is 12.1 Å². The maximum Gasteiger partial charge on any atom is 0.165 e. The van der Waals surface area contributed by atoms with Crippen LogP contribution in [-0.4, -0.2) is 25.4 Å². The molecule has 3 nitrogen and oxygen atoms in total. The summed E-state index contributed by atoms with van der Waals surface area (Å²) >= 11 is 0. The second-order valence-corrected chi connectivity index (χ2v) is 5.23. The fourth-order valence-electron chi connectivity index (χ4n) is 2.05. The summed E-state index contributed by atoms with van der Waals surface area (Å²) in [5, 5.41) is 3.27. The summed E-state index contributed by atoms with van der Waals surface area (Å²) in [5.74, 6) is 0.0646. The molecule has 1 fully saturated rings. The Morgan fingerprint density at radius 3 is 2.74 bits per heavy atom. The number of ether oxygens (including phenoxy) is 2. The molecule has 1 aromatic carbocycles. The van der Waals surface area contributed by atoms with Crippen molar-refractivity contribution in [3.8, 4) is 5.75 Å². The molecule has 1 aliphatic rings. The molecule has 1 saturated heterocycles. The molecule has 1 N–H and O–H groups in total. The molecule has 1 aliphatic heterocycles. The van der Waals surface area contributed by atoms with Crippen molar-refractivity contribution in [1.29, 1.82) is 0 Å². The Bertz CT molecular complexity index is 403. The van der Waals surface area contributed by atoms with E-state index < -0.39 is 0 Å². The van der Waals surface area contributed by atoms with Gasteiger partial charge in [0.25, 0.3) is 0 Å². The Labute approximate surface area is 114 Å². The highest BCUT2D eigenvalue weighted by Crippen LogP contribution is 2.22. The summed E-state index contributed by atoms with van der Waals surface area (Å²) in [4.78, 5) is 0. The minimum Gasteiger partial charge on any atom is -0.487 e. The molecule has 1 heterocycles. The lowest BCUT2D eigenvalue weighted by Gasteiger charge is -2.23. The number of nitrogens with one attached hydrogen (secondary N) is 1. The van der Waals surface area contributed by atoms with E-state index in [0.717, 1.165) is 18.4 Å². The lowest BCUT2D eigenvalue weighted by molar-refractivity contribution is 0.0240. The van der Waals surface area contributed by atoms with Crippen LogP contribution in [0.15, 0.2) is 18.2 Å². The van der Waals surface area contributed by atoms with Crippen LogP contribution in [0.3, 0.4) is 0 Å². The van der Waals surface area contributed by atoms with Gasteiger partial charge in [-0.3, -0.25) is 0 Å². The lowest BCUT2D eigenvalue weighted by atomic mass is 10.1. The first-order chi connectivity index (χ1) is 9.15. The molecule has 0 spiro atoms. The third-order valence-electron chi connectivity index (χ3n) is 3.17. The predicted octanol–water partition coefficient (Wildman–Crippen LogP) is 2.88. The zero-order valence-electron chi connectivity index (χ0n) is 11.6. The second-order valence-electron chi connectivity index (χ2n) is 5.23. The van der Waals surface area contributed by atoms with Crippen molar-refractivity contribution in [2.45, 2.75) is 45.4 Å². The molecule has 0 saturated carbocycles. The third kappa shape index (κ3) is 4.48. The van der Waals surface area contributed by atoms with Crippen LogP contribution < -0.4 is 10.1 Å². The zero-order valence-corrected chi connectivity index (χ0v) is 11.6. The summed E-state index contributed by atoms with van der Waals surface area (Å²) in [5.41, 5.74) is 0.936. The topological polar surface area (TPSA) is 30.5 Å². The van der Waals surface area contributed by atoms with Crippen molar-refractivity contribution in [1.82, 2.24) is 5.32 Å². The summed E-state index contributed by atoms with van der Waals surface area (Å²) in [6.45, 7) is 6.20. The number of halogens is 1. The van der Waals surface area contributed by atoms with Gasteiger partial charge in [0.1, 0.15) is 6.10 Å². The Morgan fingerprint density at radius 1 is 1.37 bits per heavy atom. The number of rotatable bonds is 5. The van der Waals surface area contributed by atoms with Crippen LogP contribution >= 0.6 is 0 Å². The minimum atomic E-state index is -0.283. The average molecular weight is 267 g/mol. The second kappa shape index (κ2) is 6.87. The van der Waals surface area contributed by atoms with Crippen LogP contribution in [0.4, 0.5) is 4.39 Å². The highest BCUT2D eigenvalue weighted by atomic mass is 19.1. The molecule has 106 valence electrons. The third-order valence-corrected chi connectivity index (χ3v) is 3.17. The Hall–Kier alpha value is -1.13. The number of hydrogen-bond acceptors (Lipinski definition) is 3. The maximum atomic E-state index is 13.9. The standard InChI is InChI=1S/C15H22FNO2/c1-11(2)17-10-12-3-4-15(14(16)9-12)19-13-5-7-18-8-6-13/h3-4,9,11,13,17H,5-8,10H2,1-2H3. The minimum absolute atomic E-state index is 0.0721. The molecule has 0 atom stereocenters. The van der Waals surface area contributed by atoms with E-state index >= 15 is 0 Å². The fourth-order valence-corrected chi connectivity index (χ4v) is 2.05. The van der Waals surface area contributed by atoms with E-state index in [0.29, 0.717) is 31.5 Å². The van der Waals surface area contributed by atoms with Gasteiger partial charge in [-0.05, 0) is 17.7 Å².